The van der Waals surface area contributed by atoms with Gasteiger partial charge in [0.25, 0.3) is 0 Å². The number of fused-ring (bicyclic) bond motifs is 2. The fourth-order valence-electron chi connectivity index (χ4n) is 4.41. The topological polar surface area (TPSA) is 86.1 Å². The molecule has 0 radical (unpaired) electrons. The number of aryl methyl sites for hydroxylation is 2. The highest BCUT2D eigenvalue weighted by Crippen LogP contribution is 2.44. The van der Waals surface area contributed by atoms with Crippen LogP contribution in [0.25, 0.3) is 11.0 Å². The van der Waals surface area contributed by atoms with E-state index in [0.717, 1.165) is 48.6 Å². The van der Waals surface area contributed by atoms with Crippen molar-refractivity contribution in [3.05, 3.63) is 39.0 Å². The Hall–Kier alpha value is -2.95. The van der Waals surface area contributed by atoms with Crippen molar-refractivity contribution in [1.82, 2.24) is 14.8 Å². The summed E-state index contributed by atoms with van der Waals surface area (Å²) >= 11 is 1.33. The third kappa shape index (κ3) is 3.88. The second-order valence-electron chi connectivity index (χ2n) is 8.41. The number of rotatable bonds is 5. The minimum atomic E-state index is -4.56. The average Bonchev–Trinajstić information content (AvgIpc) is 3.32. The predicted octanol–water partition coefficient (Wildman–Crippen LogP) is 4.61. The van der Waals surface area contributed by atoms with Crippen LogP contribution in [0, 0.1) is 6.92 Å². The van der Waals surface area contributed by atoms with Gasteiger partial charge >= 0.3 is 12.1 Å². The Bertz CT molecular complexity index is 1290. The number of anilines is 1. The summed E-state index contributed by atoms with van der Waals surface area (Å²) in [6.07, 6.45) is -0.460. The van der Waals surface area contributed by atoms with Crippen LogP contribution >= 0.6 is 11.3 Å². The molecule has 1 N–H and O–H groups in total. The Kier molecular flexibility index (Phi) is 5.19. The molecule has 174 valence electrons. The minimum Gasteiger partial charge on any atom is -0.465 e. The maximum Gasteiger partial charge on any atom is 0.417 e. The van der Waals surface area contributed by atoms with Gasteiger partial charge in [0.15, 0.2) is 5.65 Å². The number of nitrogens with one attached hydrogen (secondary N) is 1. The van der Waals surface area contributed by atoms with Crippen molar-refractivity contribution in [3.8, 4) is 0 Å². The molecule has 0 unspecified atom stereocenters. The number of carbonyl (C=O) groups excluding carboxylic acids is 2. The molecule has 2 aliphatic rings. The first-order chi connectivity index (χ1) is 15.7. The molecular weight excluding hydrogens is 457 g/mol. The highest BCUT2D eigenvalue weighted by molar-refractivity contribution is 7.17. The highest BCUT2D eigenvalue weighted by atomic mass is 32.1. The molecule has 0 bridgehead atoms. The zero-order chi connectivity index (χ0) is 23.5. The molecule has 2 aliphatic carbocycles. The van der Waals surface area contributed by atoms with Crippen LogP contribution in [0.1, 0.15) is 62.9 Å². The molecule has 0 aliphatic heterocycles. The van der Waals surface area contributed by atoms with Gasteiger partial charge in [-0.2, -0.15) is 18.3 Å². The van der Waals surface area contributed by atoms with Gasteiger partial charge in [0.1, 0.15) is 11.5 Å². The van der Waals surface area contributed by atoms with Gasteiger partial charge in [0, 0.05) is 16.5 Å². The van der Waals surface area contributed by atoms with Crippen LogP contribution in [0.2, 0.25) is 0 Å². The van der Waals surface area contributed by atoms with E-state index in [1.165, 1.54) is 30.1 Å². The fraction of sp³-hybridized carbons (Fsp3) is 0.455. The summed E-state index contributed by atoms with van der Waals surface area (Å²) in [5.41, 5.74) is 1.05. The molecule has 11 heteroatoms. The van der Waals surface area contributed by atoms with Crippen LogP contribution in [0.4, 0.5) is 18.2 Å². The molecule has 1 saturated carbocycles. The summed E-state index contributed by atoms with van der Waals surface area (Å²) in [6.45, 7) is 1.15. The molecule has 0 spiro atoms. The first kappa shape index (κ1) is 21.9. The van der Waals surface area contributed by atoms with Gasteiger partial charge in [0.05, 0.1) is 29.3 Å². The van der Waals surface area contributed by atoms with Crippen LogP contribution < -0.4 is 5.32 Å². The third-order valence-electron chi connectivity index (χ3n) is 6.06. The second kappa shape index (κ2) is 7.82. The van der Waals surface area contributed by atoms with Crippen LogP contribution in [-0.2, 0) is 35.1 Å². The normalized spacial score (nSPS) is 15.7. The number of hydrogen-bond donors (Lipinski definition) is 1. The Morgan fingerprint density at radius 2 is 2.06 bits per heavy atom. The molecule has 1 fully saturated rings. The summed E-state index contributed by atoms with van der Waals surface area (Å²) in [4.78, 5) is 30.7. The number of ether oxygens (including phenoxy) is 1. The van der Waals surface area contributed by atoms with Crippen molar-refractivity contribution in [3.63, 3.8) is 0 Å². The van der Waals surface area contributed by atoms with E-state index in [4.69, 9.17) is 4.74 Å². The zero-order valence-electron chi connectivity index (χ0n) is 18.0. The largest absolute Gasteiger partial charge is 0.465 e. The molecule has 0 atom stereocenters. The van der Waals surface area contributed by atoms with Gasteiger partial charge in [-0.1, -0.05) is 0 Å². The van der Waals surface area contributed by atoms with Crippen molar-refractivity contribution in [1.29, 1.82) is 0 Å². The van der Waals surface area contributed by atoms with E-state index in [-0.39, 0.29) is 29.2 Å². The molecular formula is C22H21F3N4O3S. The van der Waals surface area contributed by atoms with E-state index >= 15 is 0 Å². The molecule has 33 heavy (non-hydrogen) atoms. The minimum absolute atomic E-state index is 0.00380. The first-order valence-corrected chi connectivity index (χ1v) is 11.5. The SMILES string of the molecule is COC(=O)c1c(NC(=O)Cn2nc(C)c3c(C(F)(F)F)cc(C4CC4)nc32)sc2c1CCC2. The van der Waals surface area contributed by atoms with Gasteiger partial charge in [-0.05, 0) is 50.7 Å². The van der Waals surface area contributed by atoms with Crippen molar-refractivity contribution in [2.75, 3.05) is 12.4 Å². The molecule has 7 nitrogen and oxygen atoms in total. The maximum atomic E-state index is 13.8. The average molecular weight is 478 g/mol. The van der Waals surface area contributed by atoms with Crippen molar-refractivity contribution in [2.45, 2.75) is 57.7 Å². The third-order valence-corrected chi connectivity index (χ3v) is 7.26. The van der Waals surface area contributed by atoms with Crippen LogP contribution in [-0.4, -0.2) is 33.8 Å². The Balaban J connectivity index is 1.49. The van der Waals surface area contributed by atoms with E-state index in [0.29, 0.717) is 16.3 Å². The van der Waals surface area contributed by atoms with E-state index in [1.54, 1.807) is 0 Å². The van der Waals surface area contributed by atoms with Gasteiger partial charge in [0.2, 0.25) is 5.91 Å². The second-order valence-corrected chi connectivity index (χ2v) is 9.51. The number of thiophene rings is 1. The lowest BCUT2D eigenvalue weighted by Crippen LogP contribution is -2.21. The molecule has 5 rings (SSSR count). The van der Waals surface area contributed by atoms with Crippen molar-refractivity contribution in [2.24, 2.45) is 0 Å². The zero-order valence-corrected chi connectivity index (χ0v) is 18.8. The number of amides is 1. The van der Waals surface area contributed by atoms with Gasteiger partial charge < -0.3 is 10.1 Å². The van der Waals surface area contributed by atoms with Gasteiger partial charge in [-0.25, -0.2) is 14.5 Å². The Labute approximate surface area is 190 Å². The van der Waals surface area contributed by atoms with Gasteiger partial charge in [-0.15, -0.1) is 11.3 Å². The summed E-state index contributed by atoms with van der Waals surface area (Å²) in [5.74, 6) is -1.02. The van der Waals surface area contributed by atoms with Crippen LogP contribution in [0.15, 0.2) is 6.07 Å². The number of alkyl halides is 3. The number of carbonyl (C=O) groups is 2. The number of hydrogen-bond acceptors (Lipinski definition) is 6. The maximum absolute atomic E-state index is 13.8. The summed E-state index contributed by atoms with van der Waals surface area (Å²) in [5, 5.41) is 7.24. The smallest absolute Gasteiger partial charge is 0.417 e. The summed E-state index contributed by atoms with van der Waals surface area (Å²) in [7, 11) is 1.28. The lowest BCUT2D eigenvalue weighted by atomic mass is 10.1. The lowest BCUT2D eigenvalue weighted by molar-refractivity contribution is -0.136. The molecule has 3 aromatic rings. The van der Waals surface area contributed by atoms with E-state index in [1.807, 2.05) is 0 Å². The number of nitrogens with zero attached hydrogens (tertiary/aromatic N) is 3. The predicted molar refractivity (Wildman–Crippen MR) is 116 cm³/mol. The molecule has 3 heterocycles. The lowest BCUT2D eigenvalue weighted by Gasteiger charge is -2.11. The molecule has 0 saturated heterocycles. The fourth-order valence-corrected chi connectivity index (χ4v) is 5.70. The van der Waals surface area contributed by atoms with Crippen LogP contribution in [0.3, 0.4) is 0 Å². The van der Waals surface area contributed by atoms with Crippen molar-refractivity contribution >= 4 is 39.2 Å². The quantitative estimate of drug-likeness (QED) is 0.541. The summed E-state index contributed by atoms with van der Waals surface area (Å²) in [6, 6.07) is 1.11. The van der Waals surface area contributed by atoms with Crippen LogP contribution in [0.5, 0.6) is 0 Å². The number of esters is 1. The highest BCUT2D eigenvalue weighted by Gasteiger charge is 2.38. The number of methoxy groups -OCH3 is 1. The first-order valence-electron chi connectivity index (χ1n) is 10.6. The molecule has 3 aromatic heterocycles. The Morgan fingerprint density at radius 3 is 2.73 bits per heavy atom. The van der Waals surface area contributed by atoms with E-state index in [9.17, 15) is 22.8 Å². The van der Waals surface area contributed by atoms with E-state index < -0.39 is 23.6 Å². The molecule has 0 aromatic carbocycles. The molecule has 1 amide bonds. The number of halogens is 3. The van der Waals surface area contributed by atoms with Gasteiger partial charge in [-0.3, -0.25) is 4.79 Å². The number of aromatic nitrogens is 3. The summed E-state index contributed by atoms with van der Waals surface area (Å²) < 4.78 is 47.4. The van der Waals surface area contributed by atoms with E-state index in [2.05, 4.69) is 15.4 Å². The monoisotopic (exact) mass is 478 g/mol. The number of pyridine rings is 1. The standard InChI is InChI=1S/C22H21F3N4O3S/c1-10-17-13(22(23,24)25)8-14(11-6-7-11)26-19(17)29(28-10)9-16(30)27-20-18(21(31)32-2)12-4-3-5-15(12)33-20/h8,11H,3-7,9H2,1-2H3,(H,27,30). The van der Waals surface area contributed by atoms with Crippen molar-refractivity contribution < 1.29 is 27.5 Å². The Morgan fingerprint density at radius 1 is 1.30 bits per heavy atom.